The highest BCUT2D eigenvalue weighted by Crippen LogP contribution is 2.29. The average molecular weight is 442 g/mol. The number of allylic oxidation sites excluding steroid dienone is 1. The first kappa shape index (κ1) is 23.5. The Bertz CT molecular complexity index is 986. The zero-order chi connectivity index (χ0) is 22.7. The van der Waals surface area contributed by atoms with Gasteiger partial charge in [0.1, 0.15) is 5.69 Å². The first-order chi connectivity index (χ1) is 14.7. The van der Waals surface area contributed by atoms with E-state index in [1.165, 1.54) is 22.1 Å². The summed E-state index contributed by atoms with van der Waals surface area (Å²) in [6.07, 6.45) is 4.66. The molecule has 0 spiro atoms. The summed E-state index contributed by atoms with van der Waals surface area (Å²) in [7, 11) is 7.11. The van der Waals surface area contributed by atoms with E-state index >= 15 is 0 Å². The third-order valence-electron chi connectivity index (χ3n) is 5.62. The molecule has 0 aliphatic carbocycles. The van der Waals surface area contributed by atoms with Crippen molar-refractivity contribution in [2.75, 3.05) is 32.1 Å². The van der Waals surface area contributed by atoms with E-state index in [1.807, 2.05) is 20.2 Å². The monoisotopic (exact) mass is 441 g/mol. The van der Waals surface area contributed by atoms with Gasteiger partial charge in [0.15, 0.2) is 5.84 Å². The standard InChI is InChI=1S/C23H36N7P/c1-15(2)10-26-23(25)22-16(3)30(14-27-22)13-18-19(12-28(4)5)21(31)7-6-20(18)29-9-8-17(24)11-29/h6-7,10,14,17H,8-9,11-13,24,31H2,1-5H3,(H2,25,26). The molecular formula is C23H36N7P. The summed E-state index contributed by atoms with van der Waals surface area (Å²) in [5, 5.41) is 1.22. The van der Waals surface area contributed by atoms with Gasteiger partial charge in [-0.1, -0.05) is 11.6 Å². The van der Waals surface area contributed by atoms with Crippen molar-refractivity contribution in [1.29, 1.82) is 0 Å². The quantitative estimate of drug-likeness (QED) is 0.390. The van der Waals surface area contributed by atoms with E-state index < -0.39 is 0 Å². The second-order valence-electron chi connectivity index (χ2n) is 8.89. The second kappa shape index (κ2) is 9.94. The number of amidine groups is 1. The van der Waals surface area contributed by atoms with Crippen LogP contribution in [0.4, 0.5) is 5.69 Å². The van der Waals surface area contributed by atoms with Crippen LogP contribution in [0.15, 0.2) is 35.2 Å². The molecule has 1 aromatic heterocycles. The van der Waals surface area contributed by atoms with Gasteiger partial charge in [-0.05, 0) is 58.2 Å². The Morgan fingerprint density at radius 1 is 1.32 bits per heavy atom. The Hall–Kier alpha value is -2.21. The molecule has 1 aliphatic rings. The Morgan fingerprint density at radius 2 is 2.06 bits per heavy atom. The van der Waals surface area contributed by atoms with E-state index in [2.05, 4.69) is 66.7 Å². The van der Waals surface area contributed by atoms with Crippen LogP contribution >= 0.6 is 9.24 Å². The second-order valence-corrected chi connectivity index (χ2v) is 9.51. The van der Waals surface area contributed by atoms with Crippen molar-refractivity contribution in [2.45, 2.75) is 46.3 Å². The molecule has 4 N–H and O–H groups in total. The van der Waals surface area contributed by atoms with Crippen molar-refractivity contribution in [3.8, 4) is 0 Å². The molecule has 8 heteroatoms. The summed E-state index contributed by atoms with van der Waals surface area (Å²) >= 11 is 0. The summed E-state index contributed by atoms with van der Waals surface area (Å²) in [6, 6.07) is 4.66. The SMILES string of the molecule is CC(C)=CN=C(N)c1ncn(Cc2c(N3CCC(N)C3)ccc(P)c2CN(C)C)c1C. The highest BCUT2D eigenvalue weighted by Gasteiger charge is 2.24. The molecule has 31 heavy (non-hydrogen) atoms. The fraction of sp³-hybridized carbons (Fsp3) is 0.478. The smallest absolute Gasteiger partial charge is 0.151 e. The lowest BCUT2D eigenvalue weighted by molar-refractivity contribution is 0.401. The zero-order valence-corrected chi connectivity index (χ0v) is 20.5. The van der Waals surface area contributed by atoms with Crippen LogP contribution < -0.4 is 21.7 Å². The molecule has 1 fully saturated rings. The van der Waals surface area contributed by atoms with Crippen molar-refractivity contribution >= 4 is 26.1 Å². The maximum absolute atomic E-state index is 6.22. The number of imidazole rings is 1. The molecule has 0 radical (unpaired) electrons. The van der Waals surface area contributed by atoms with E-state index in [0.717, 1.165) is 49.6 Å². The molecule has 2 heterocycles. The third-order valence-corrected chi connectivity index (χ3v) is 6.16. The van der Waals surface area contributed by atoms with Gasteiger partial charge in [0.2, 0.25) is 0 Å². The first-order valence-electron chi connectivity index (χ1n) is 10.7. The molecular weight excluding hydrogens is 405 g/mol. The Balaban J connectivity index is 2.03. The molecule has 0 amide bonds. The molecule has 2 aromatic rings. The molecule has 0 saturated carbocycles. The van der Waals surface area contributed by atoms with E-state index in [1.54, 1.807) is 6.20 Å². The highest BCUT2D eigenvalue weighted by atomic mass is 31.0. The predicted molar refractivity (Wildman–Crippen MR) is 134 cm³/mol. The van der Waals surface area contributed by atoms with Gasteiger partial charge in [-0.2, -0.15) is 0 Å². The maximum Gasteiger partial charge on any atom is 0.151 e. The van der Waals surface area contributed by atoms with Crippen LogP contribution in [-0.2, 0) is 13.1 Å². The molecule has 1 saturated heterocycles. The average Bonchev–Trinajstić information content (AvgIpc) is 3.28. The van der Waals surface area contributed by atoms with E-state index in [4.69, 9.17) is 11.5 Å². The molecule has 2 atom stereocenters. The van der Waals surface area contributed by atoms with Crippen LogP contribution in [0.5, 0.6) is 0 Å². The summed E-state index contributed by atoms with van der Waals surface area (Å²) in [4.78, 5) is 13.6. The lowest BCUT2D eigenvalue weighted by Crippen LogP contribution is -2.29. The van der Waals surface area contributed by atoms with E-state index in [9.17, 15) is 0 Å². The number of aromatic nitrogens is 2. The van der Waals surface area contributed by atoms with Crippen LogP contribution in [0.25, 0.3) is 0 Å². The van der Waals surface area contributed by atoms with Gasteiger partial charge in [0.05, 0.1) is 12.9 Å². The van der Waals surface area contributed by atoms with Gasteiger partial charge in [0, 0.05) is 48.8 Å². The molecule has 2 unspecified atom stereocenters. The summed E-state index contributed by atoms with van der Waals surface area (Å²) in [6.45, 7) is 9.51. The minimum Gasteiger partial charge on any atom is -0.382 e. The van der Waals surface area contributed by atoms with Gasteiger partial charge < -0.3 is 25.8 Å². The van der Waals surface area contributed by atoms with Crippen LogP contribution in [-0.4, -0.2) is 53.5 Å². The largest absolute Gasteiger partial charge is 0.382 e. The van der Waals surface area contributed by atoms with Crippen molar-refractivity contribution in [3.63, 3.8) is 0 Å². The number of anilines is 1. The molecule has 0 bridgehead atoms. The fourth-order valence-corrected chi connectivity index (χ4v) is 4.33. The number of nitrogens with two attached hydrogens (primary N) is 2. The van der Waals surface area contributed by atoms with E-state index in [0.29, 0.717) is 5.84 Å². The van der Waals surface area contributed by atoms with Gasteiger partial charge >= 0.3 is 0 Å². The van der Waals surface area contributed by atoms with Crippen LogP contribution in [0.2, 0.25) is 0 Å². The zero-order valence-electron chi connectivity index (χ0n) is 19.4. The van der Waals surface area contributed by atoms with Crippen molar-refractivity contribution in [2.24, 2.45) is 16.5 Å². The van der Waals surface area contributed by atoms with Crippen LogP contribution in [0, 0.1) is 6.92 Å². The Labute approximate surface area is 188 Å². The molecule has 3 rings (SSSR count). The van der Waals surface area contributed by atoms with Crippen LogP contribution in [0.1, 0.15) is 42.8 Å². The molecule has 1 aliphatic heterocycles. The fourth-order valence-electron chi connectivity index (χ4n) is 3.96. The molecule has 1 aromatic carbocycles. The van der Waals surface area contributed by atoms with Gasteiger partial charge in [0.25, 0.3) is 0 Å². The van der Waals surface area contributed by atoms with Crippen molar-refractivity contribution in [3.05, 3.63) is 52.7 Å². The number of hydrogen-bond acceptors (Lipinski definition) is 5. The van der Waals surface area contributed by atoms with E-state index in [-0.39, 0.29) is 6.04 Å². The number of aliphatic imine (C=N–C) groups is 1. The number of rotatable bonds is 7. The summed E-state index contributed by atoms with van der Waals surface area (Å²) in [5.41, 5.74) is 19.2. The number of benzene rings is 1. The Morgan fingerprint density at radius 3 is 2.68 bits per heavy atom. The Kier molecular flexibility index (Phi) is 7.52. The number of nitrogens with zero attached hydrogens (tertiary/aromatic N) is 5. The maximum atomic E-state index is 6.22. The van der Waals surface area contributed by atoms with Gasteiger partial charge in [-0.25, -0.2) is 9.98 Å². The minimum atomic E-state index is 0.230. The topological polar surface area (TPSA) is 88.7 Å². The normalized spacial score (nSPS) is 17.0. The van der Waals surface area contributed by atoms with Crippen LogP contribution in [0.3, 0.4) is 0 Å². The summed E-state index contributed by atoms with van der Waals surface area (Å²) < 4.78 is 2.17. The van der Waals surface area contributed by atoms with Crippen molar-refractivity contribution < 1.29 is 0 Å². The van der Waals surface area contributed by atoms with Gasteiger partial charge in [-0.3, -0.25) is 0 Å². The first-order valence-corrected chi connectivity index (χ1v) is 11.3. The minimum absolute atomic E-state index is 0.230. The lowest BCUT2D eigenvalue weighted by Gasteiger charge is -2.27. The summed E-state index contributed by atoms with van der Waals surface area (Å²) in [5.74, 6) is 0.441. The third kappa shape index (κ3) is 5.53. The van der Waals surface area contributed by atoms with Gasteiger partial charge in [-0.15, -0.1) is 9.24 Å². The number of hydrogen-bond donors (Lipinski definition) is 2. The lowest BCUT2D eigenvalue weighted by atomic mass is 10.0. The predicted octanol–water partition coefficient (Wildman–Crippen LogP) is 1.97. The molecule has 7 nitrogen and oxygen atoms in total. The van der Waals surface area contributed by atoms with Crippen molar-refractivity contribution in [1.82, 2.24) is 14.5 Å². The highest BCUT2D eigenvalue weighted by molar-refractivity contribution is 7.27. The molecule has 168 valence electrons.